The van der Waals surface area contributed by atoms with Crippen molar-refractivity contribution in [2.75, 3.05) is 13.7 Å². The van der Waals surface area contributed by atoms with Gasteiger partial charge in [-0.2, -0.15) is 0 Å². The monoisotopic (exact) mass is 173 g/mol. The highest BCUT2D eigenvalue weighted by Gasteiger charge is 2.18. The smallest absolute Gasteiger partial charge is 0.322 e. The van der Waals surface area contributed by atoms with E-state index < -0.39 is 0 Å². The molecule has 12 heavy (non-hydrogen) atoms. The average molecular weight is 173 g/mol. The van der Waals surface area contributed by atoms with E-state index in [-0.39, 0.29) is 12.0 Å². The van der Waals surface area contributed by atoms with Crippen LogP contribution < -0.4 is 5.32 Å². The largest absolute Gasteiger partial charge is 0.468 e. The van der Waals surface area contributed by atoms with Gasteiger partial charge in [-0.05, 0) is 18.9 Å². The Balaban J connectivity index is 3.94. The van der Waals surface area contributed by atoms with Crippen molar-refractivity contribution >= 4 is 5.97 Å². The molecule has 0 aliphatic heterocycles. The van der Waals surface area contributed by atoms with Crippen LogP contribution in [0.3, 0.4) is 0 Å². The SMILES string of the molecule is CCNC(CC(C)C)C(=O)OC. The molecule has 3 nitrogen and oxygen atoms in total. The molecule has 1 N–H and O–H groups in total. The van der Waals surface area contributed by atoms with Gasteiger partial charge in [-0.1, -0.05) is 20.8 Å². The Morgan fingerprint density at radius 1 is 1.50 bits per heavy atom. The number of methoxy groups -OCH3 is 1. The first kappa shape index (κ1) is 11.4. The summed E-state index contributed by atoms with van der Waals surface area (Å²) >= 11 is 0. The Morgan fingerprint density at radius 3 is 2.42 bits per heavy atom. The maximum absolute atomic E-state index is 11.2. The molecule has 0 aliphatic carbocycles. The minimum atomic E-state index is -0.162. The second-order valence-electron chi connectivity index (χ2n) is 3.26. The first-order valence-corrected chi connectivity index (χ1v) is 4.43. The van der Waals surface area contributed by atoms with Crippen LogP contribution >= 0.6 is 0 Å². The number of esters is 1. The Kier molecular flexibility index (Phi) is 5.72. The quantitative estimate of drug-likeness (QED) is 0.634. The zero-order valence-electron chi connectivity index (χ0n) is 8.39. The van der Waals surface area contributed by atoms with E-state index in [4.69, 9.17) is 0 Å². The van der Waals surface area contributed by atoms with Crippen molar-refractivity contribution in [1.82, 2.24) is 5.32 Å². The second kappa shape index (κ2) is 6.00. The van der Waals surface area contributed by atoms with Crippen molar-refractivity contribution in [3.63, 3.8) is 0 Å². The third-order valence-corrected chi connectivity index (χ3v) is 1.64. The number of hydrogen-bond donors (Lipinski definition) is 1. The van der Waals surface area contributed by atoms with Gasteiger partial charge in [0.05, 0.1) is 7.11 Å². The van der Waals surface area contributed by atoms with E-state index in [0.29, 0.717) is 5.92 Å². The lowest BCUT2D eigenvalue weighted by Gasteiger charge is -2.16. The minimum Gasteiger partial charge on any atom is -0.468 e. The van der Waals surface area contributed by atoms with E-state index in [9.17, 15) is 4.79 Å². The summed E-state index contributed by atoms with van der Waals surface area (Å²) in [4.78, 5) is 11.2. The lowest BCUT2D eigenvalue weighted by Crippen LogP contribution is -2.38. The van der Waals surface area contributed by atoms with Crippen molar-refractivity contribution in [1.29, 1.82) is 0 Å². The van der Waals surface area contributed by atoms with E-state index in [2.05, 4.69) is 23.9 Å². The van der Waals surface area contributed by atoms with Gasteiger partial charge in [0.15, 0.2) is 0 Å². The molecular formula is C9H19NO2. The fourth-order valence-electron chi connectivity index (χ4n) is 1.12. The number of rotatable bonds is 5. The molecule has 3 heteroatoms. The highest BCUT2D eigenvalue weighted by atomic mass is 16.5. The molecule has 0 fully saturated rings. The standard InChI is InChI=1S/C9H19NO2/c1-5-10-8(6-7(2)3)9(11)12-4/h7-8,10H,5-6H2,1-4H3. The van der Waals surface area contributed by atoms with E-state index in [1.807, 2.05) is 6.92 Å². The van der Waals surface area contributed by atoms with Gasteiger partial charge in [0.25, 0.3) is 0 Å². The zero-order valence-corrected chi connectivity index (χ0v) is 8.39. The van der Waals surface area contributed by atoms with E-state index >= 15 is 0 Å². The number of likely N-dealkylation sites (N-methyl/N-ethyl adjacent to an activating group) is 1. The maximum atomic E-state index is 11.2. The lowest BCUT2D eigenvalue weighted by molar-refractivity contribution is -0.143. The van der Waals surface area contributed by atoms with Gasteiger partial charge in [0.2, 0.25) is 0 Å². The zero-order chi connectivity index (χ0) is 9.56. The normalized spacial score (nSPS) is 13.1. The first-order valence-electron chi connectivity index (χ1n) is 4.43. The molecule has 0 amide bonds. The summed E-state index contributed by atoms with van der Waals surface area (Å²) in [5.74, 6) is 0.346. The molecule has 0 aromatic heterocycles. The number of hydrogen-bond acceptors (Lipinski definition) is 3. The van der Waals surface area contributed by atoms with Crippen LogP contribution in [0.5, 0.6) is 0 Å². The fraction of sp³-hybridized carbons (Fsp3) is 0.889. The van der Waals surface area contributed by atoms with Crippen LogP contribution in [0.4, 0.5) is 0 Å². The highest BCUT2D eigenvalue weighted by Crippen LogP contribution is 2.05. The lowest BCUT2D eigenvalue weighted by atomic mass is 10.0. The fourth-order valence-corrected chi connectivity index (χ4v) is 1.12. The van der Waals surface area contributed by atoms with Crippen molar-refractivity contribution in [3.8, 4) is 0 Å². The van der Waals surface area contributed by atoms with Gasteiger partial charge in [0.1, 0.15) is 6.04 Å². The maximum Gasteiger partial charge on any atom is 0.322 e. The second-order valence-corrected chi connectivity index (χ2v) is 3.26. The summed E-state index contributed by atoms with van der Waals surface area (Å²) in [6.45, 7) is 6.96. The predicted molar refractivity (Wildman–Crippen MR) is 48.9 cm³/mol. The van der Waals surface area contributed by atoms with Crippen LogP contribution in [0.1, 0.15) is 27.2 Å². The minimum absolute atomic E-state index is 0.139. The molecule has 0 bridgehead atoms. The van der Waals surface area contributed by atoms with Gasteiger partial charge < -0.3 is 10.1 Å². The van der Waals surface area contributed by atoms with Crippen molar-refractivity contribution in [3.05, 3.63) is 0 Å². The molecule has 0 aromatic rings. The number of carbonyl (C=O) groups excluding carboxylic acids is 1. The Labute approximate surface area is 74.5 Å². The van der Waals surface area contributed by atoms with Crippen LogP contribution in [0.25, 0.3) is 0 Å². The molecule has 72 valence electrons. The van der Waals surface area contributed by atoms with Gasteiger partial charge in [-0.25, -0.2) is 0 Å². The van der Waals surface area contributed by atoms with Gasteiger partial charge >= 0.3 is 5.97 Å². The van der Waals surface area contributed by atoms with E-state index in [1.165, 1.54) is 7.11 Å². The van der Waals surface area contributed by atoms with E-state index in [0.717, 1.165) is 13.0 Å². The van der Waals surface area contributed by atoms with Crippen LogP contribution in [0, 0.1) is 5.92 Å². The number of ether oxygens (including phenoxy) is 1. The van der Waals surface area contributed by atoms with Crippen molar-refractivity contribution in [2.45, 2.75) is 33.2 Å². The summed E-state index contributed by atoms with van der Waals surface area (Å²) in [5.41, 5.74) is 0. The van der Waals surface area contributed by atoms with E-state index in [1.54, 1.807) is 0 Å². The molecule has 0 heterocycles. The van der Waals surface area contributed by atoms with Crippen LogP contribution in [-0.2, 0) is 9.53 Å². The molecule has 1 unspecified atom stereocenters. The molecule has 0 spiro atoms. The molecule has 0 saturated carbocycles. The Morgan fingerprint density at radius 2 is 2.08 bits per heavy atom. The summed E-state index contributed by atoms with van der Waals surface area (Å²) in [5, 5.41) is 3.09. The molecule has 0 saturated heterocycles. The predicted octanol–water partition coefficient (Wildman–Crippen LogP) is 1.18. The van der Waals surface area contributed by atoms with Crippen LogP contribution in [0.15, 0.2) is 0 Å². The van der Waals surface area contributed by atoms with Gasteiger partial charge in [0, 0.05) is 0 Å². The summed E-state index contributed by atoms with van der Waals surface area (Å²) in [7, 11) is 1.42. The van der Waals surface area contributed by atoms with Gasteiger partial charge in [-0.3, -0.25) is 4.79 Å². The highest BCUT2D eigenvalue weighted by molar-refractivity contribution is 5.75. The molecule has 0 radical (unpaired) electrons. The first-order chi connectivity index (χ1) is 5.61. The Hall–Kier alpha value is -0.570. The number of carbonyl (C=O) groups is 1. The van der Waals surface area contributed by atoms with Gasteiger partial charge in [-0.15, -0.1) is 0 Å². The van der Waals surface area contributed by atoms with Crippen LogP contribution in [-0.4, -0.2) is 25.7 Å². The molecule has 0 aromatic carbocycles. The molecule has 0 aliphatic rings. The third kappa shape index (κ3) is 4.34. The van der Waals surface area contributed by atoms with Crippen LogP contribution in [0.2, 0.25) is 0 Å². The van der Waals surface area contributed by atoms with Crippen molar-refractivity contribution < 1.29 is 9.53 Å². The topological polar surface area (TPSA) is 38.3 Å². The molecular weight excluding hydrogens is 154 g/mol. The summed E-state index contributed by atoms with van der Waals surface area (Å²) in [6.07, 6.45) is 0.834. The van der Waals surface area contributed by atoms with Crippen molar-refractivity contribution in [2.24, 2.45) is 5.92 Å². The Bertz CT molecular complexity index is 134. The molecule has 1 atom stereocenters. The molecule has 0 rings (SSSR count). The average Bonchev–Trinajstić information content (AvgIpc) is 2.01. The number of nitrogens with one attached hydrogen (secondary N) is 1. The summed E-state index contributed by atoms with van der Waals surface area (Å²) in [6, 6.07) is -0.139. The summed E-state index contributed by atoms with van der Waals surface area (Å²) < 4.78 is 4.66. The third-order valence-electron chi connectivity index (χ3n) is 1.64.